The summed E-state index contributed by atoms with van der Waals surface area (Å²) in [6, 6.07) is 4.14. The van der Waals surface area contributed by atoms with Gasteiger partial charge in [0.1, 0.15) is 5.82 Å². The molecule has 4 aromatic rings. The number of oxazole rings is 1. The molecule has 2 amide bonds. The Morgan fingerprint density at radius 2 is 1.97 bits per heavy atom. The number of benzene rings is 1. The second kappa shape index (κ2) is 8.91. The first-order chi connectivity index (χ1) is 16.8. The van der Waals surface area contributed by atoms with Crippen LogP contribution in [-0.4, -0.2) is 42.4 Å². The summed E-state index contributed by atoms with van der Waals surface area (Å²) in [5.41, 5.74) is 1.71. The van der Waals surface area contributed by atoms with Crippen LogP contribution in [0.15, 0.2) is 41.2 Å². The van der Waals surface area contributed by atoms with Crippen LogP contribution < -0.4 is 10.6 Å². The Hall–Kier alpha value is -4.12. The summed E-state index contributed by atoms with van der Waals surface area (Å²) in [5, 5.41) is 15.4. The van der Waals surface area contributed by atoms with Gasteiger partial charge in [-0.2, -0.15) is 0 Å². The lowest BCUT2D eigenvalue weighted by atomic mass is 10.1. The molecule has 1 fully saturated rings. The van der Waals surface area contributed by atoms with Crippen LogP contribution in [0.25, 0.3) is 17.0 Å². The zero-order valence-corrected chi connectivity index (χ0v) is 19.1. The molecule has 5 rings (SSSR count). The van der Waals surface area contributed by atoms with E-state index in [1.54, 1.807) is 30.6 Å². The van der Waals surface area contributed by atoms with Gasteiger partial charge in [-0.1, -0.05) is 0 Å². The second-order valence-electron chi connectivity index (χ2n) is 8.57. The molecule has 11 heteroatoms. The summed E-state index contributed by atoms with van der Waals surface area (Å²) < 4.78 is 21.6. The van der Waals surface area contributed by atoms with Crippen LogP contribution in [0.3, 0.4) is 0 Å². The number of carbonyl (C=O) groups is 2. The lowest BCUT2D eigenvalue weighted by Crippen LogP contribution is -2.28. The van der Waals surface area contributed by atoms with Crippen LogP contribution in [0.5, 0.6) is 0 Å². The number of amides is 2. The van der Waals surface area contributed by atoms with E-state index < -0.39 is 23.7 Å². The summed E-state index contributed by atoms with van der Waals surface area (Å²) in [4.78, 5) is 37.7. The Balaban J connectivity index is 1.38. The summed E-state index contributed by atoms with van der Waals surface area (Å²) in [6.07, 6.45) is 6.08. The molecule has 0 radical (unpaired) electrons. The van der Waals surface area contributed by atoms with E-state index in [9.17, 15) is 19.1 Å². The third kappa shape index (κ3) is 4.50. The molecule has 3 heterocycles. The molecule has 2 atom stereocenters. The molecule has 0 bridgehead atoms. The van der Waals surface area contributed by atoms with Crippen molar-refractivity contribution in [2.75, 3.05) is 10.6 Å². The van der Waals surface area contributed by atoms with Crippen LogP contribution in [0.4, 0.5) is 15.8 Å². The number of carbonyl (C=O) groups excluding carboxylic acids is 2. The van der Waals surface area contributed by atoms with Crippen LogP contribution in [0, 0.1) is 25.6 Å². The Labute approximate surface area is 199 Å². The number of fused-ring (bicyclic) bond motifs is 1. The minimum Gasteiger partial charge on any atom is -0.436 e. The van der Waals surface area contributed by atoms with E-state index in [-0.39, 0.29) is 17.2 Å². The maximum atomic E-state index is 14.7. The molecule has 180 valence electrons. The Kier molecular flexibility index (Phi) is 5.77. The molecule has 1 aliphatic carbocycles. The number of aromatic nitrogens is 4. The van der Waals surface area contributed by atoms with Gasteiger partial charge in [-0.05, 0) is 44.4 Å². The van der Waals surface area contributed by atoms with E-state index in [4.69, 9.17) is 4.42 Å². The van der Waals surface area contributed by atoms with Gasteiger partial charge in [0, 0.05) is 30.6 Å². The topological polar surface area (TPSA) is 135 Å². The van der Waals surface area contributed by atoms with Gasteiger partial charge in [0.15, 0.2) is 5.89 Å². The molecule has 0 aliphatic heterocycles. The SMILES string of the molecule is Cc1nc(C)c(C(=O)Nc2ccc(F)c(-c3cn4cc(NC(=O)[C@H]5CCC[C@@H]5O)cnc4n3)c2)o1. The molecule has 1 saturated carbocycles. The maximum absolute atomic E-state index is 14.7. The highest BCUT2D eigenvalue weighted by atomic mass is 19.1. The largest absolute Gasteiger partial charge is 0.436 e. The fraction of sp³-hybridized carbons (Fsp3) is 0.292. The third-order valence-electron chi connectivity index (χ3n) is 6.00. The van der Waals surface area contributed by atoms with Crippen molar-refractivity contribution >= 4 is 29.0 Å². The summed E-state index contributed by atoms with van der Waals surface area (Å²) in [6.45, 7) is 3.31. The van der Waals surface area contributed by atoms with Crippen molar-refractivity contribution in [3.8, 4) is 11.3 Å². The smallest absolute Gasteiger partial charge is 0.293 e. The number of aliphatic hydroxyl groups is 1. The highest BCUT2D eigenvalue weighted by Gasteiger charge is 2.31. The van der Waals surface area contributed by atoms with E-state index in [2.05, 4.69) is 25.6 Å². The predicted octanol–water partition coefficient (Wildman–Crippen LogP) is 3.49. The van der Waals surface area contributed by atoms with E-state index in [0.717, 1.165) is 6.42 Å². The minimum absolute atomic E-state index is 0.0880. The zero-order valence-electron chi connectivity index (χ0n) is 19.1. The van der Waals surface area contributed by atoms with Gasteiger partial charge in [-0.25, -0.2) is 19.3 Å². The van der Waals surface area contributed by atoms with Crippen molar-refractivity contribution in [3.05, 3.63) is 60.0 Å². The normalized spacial score (nSPS) is 17.6. The molecule has 10 nitrogen and oxygen atoms in total. The number of aryl methyl sites for hydroxylation is 2. The molecule has 3 aromatic heterocycles. The van der Waals surface area contributed by atoms with Gasteiger partial charge < -0.3 is 20.2 Å². The quantitative estimate of drug-likeness (QED) is 0.400. The standard InChI is InChI=1S/C24H23FN6O4/c1-12-21(35-13(2)27-12)23(34)28-14-6-7-18(25)17(8-14)19-11-31-10-15(9-26-24(31)30-19)29-22(33)16-4-3-5-20(16)32/h6-11,16,20,32H,3-5H2,1-2H3,(H,28,34)(H,29,33)/t16-,20-/m0/s1. The molecule has 1 aliphatic rings. The fourth-order valence-electron chi connectivity index (χ4n) is 4.29. The van der Waals surface area contributed by atoms with E-state index in [1.807, 2.05) is 0 Å². The average molecular weight is 478 g/mol. The van der Waals surface area contributed by atoms with Gasteiger partial charge in [0.2, 0.25) is 17.4 Å². The Morgan fingerprint density at radius 1 is 1.14 bits per heavy atom. The monoisotopic (exact) mass is 478 g/mol. The van der Waals surface area contributed by atoms with Crippen molar-refractivity contribution in [1.29, 1.82) is 0 Å². The summed E-state index contributed by atoms with van der Waals surface area (Å²) >= 11 is 0. The summed E-state index contributed by atoms with van der Waals surface area (Å²) in [7, 11) is 0. The zero-order chi connectivity index (χ0) is 24.7. The first-order valence-electron chi connectivity index (χ1n) is 11.2. The summed E-state index contributed by atoms with van der Waals surface area (Å²) in [5.74, 6) is -0.957. The molecule has 1 aromatic carbocycles. The highest BCUT2D eigenvalue weighted by molar-refractivity contribution is 6.03. The average Bonchev–Trinajstić information content (AvgIpc) is 3.52. The van der Waals surface area contributed by atoms with Gasteiger partial charge in [0.25, 0.3) is 5.91 Å². The molecular weight excluding hydrogens is 455 g/mol. The van der Waals surface area contributed by atoms with Crippen LogP contribution >= 0.6 is 0 Å². The number of rotatable bonds is 5. The van der Waals surface area contributed by atoms with Crippen LogP contribution in [0.2, 0.25) is 0 Å². The predicted molar refractivity (Wildman–Crippen MR) is 124 cm³/mol. The maximum Gasteiger partial charge on any atom is 0.293 e. The second-order valence-corrected chi connectivity index (χ2v) is 8.57. The van der Waals surface area contributed by atoms with E-state index >= 15 is 0 Å². The molecule has 0 saturated heterocycles. The van der Waals surface area contributed by atoms with Crippen molar-refractivity contribution < 1.29 is 23.5 Å². The number of hydrogen-bond donors (Lipinski definition) is 3. The van der Waals surface area contributed by atoms with Crippen LogP contribution in [-0.2, 0) is 4.79 Å². The first kappa shape index (κ1) is 22.7. The van der Waals surface area contributed by atoms with Crippen molar-refractivity contribution in [1.82, 2.24) is 19.4 Å². The number of anilines is 2. The molecule has 35 heavy (non-hydrogen) atoms. The third-order valence-corrected chi connectivity index (χ3v) is 6.00. The molecule has 0 spiro atoms. The van der Waals surface area contributed by atoms with Gasteiger partial charge in [-0.15, -0.1) is 0 Å². The number of aliphatic hydroxyl groups excluding tert-OH is 1. The number of imidazole rings is 1. The fourth-order valence-corrected chi connectivity index (χ4v) is 4.29. The van der Waals surface area contributed by atoms with Gasteiger partial charge >= 0.3 is 0 Å². The number of nitrogens with one attached hydrogen (secondary N) is 2. The number of hydrogen-bond acceptors (Lipinski definition) is 7. The van der Waals surface area contributed by atoms with E-state index in [0.29, 0.717) is 47.3 Å². The van der Waals surface area contributed by atoms with Crippen molar-refractivity contribution in [2.24, 2.45) is 5.92 Å². The Morgan fingerprint density at radius 3 is 2.69 bits per heavy atom. The minimum atomic E-state index is -0.640. The molecule has 0 unspecified atom stereocenters. The lowest BCUT2D eigenvalue weighted by Gasteiger charge is -2.14. The number of nitrogens with zero attached hydrogens (tertiary/aromatic N) is 4. The Bertz CT molecular complexity index is 1450. The van der Waals surface area contributed by atoms with E-state index in [1.165, 1.54) is 24.4 Å². The highest BCUT2D eigenvalue weighted by Crippen LogP contribution is 2.28. The first-order valence-corrected chi connectivity index (χ1v) is 11.2. The van der Waals surface area contributed by atoms with Crippen molar-refractivity contribution in [2.45, 2.75) is 39.2 Å². The van der Waals surface area contributed by atoms with Crippen molar-refractivity contribution in [3.63, 3.8) is 0 Å². The van der Waals surface area contributed by atoms with Crippen LogP contribution in [0.1, 0.15) is 41.4 Å². The lowest BCUT2D eigenvalue weighted by molar-refractivity contribution is -0.122. The number of halogens is 1. The van der Waals surface area contributed by atoms with Gasteiger partial charge in [-0.3, -0.25) is 14.0 Å². The van der Waals surface area contributed by atoms with Gasteiger partial charge in [0.05, 0.1) is 35.3 Å². The molecular formula is C24H23FN6O4. The molecule has 3 N–H and O–H groups in total.